The van der Waals surface area contributed by atoms with Crippen LogP contribution in [-0.2, 0) is 4.79 Å². The third kappa shape index (κ3) is 6.82. The van der Waals surface area contributed by atoms with Crippen LogP contribution in [0.1, 0.15) is 44.5 Å². The molecule has 0 bridgehead atoms. The number of hydrogen-bond acceptors (Lipinski definition) is 4. The minimum Gasteiger partial charge on any atom is -0.491 e. The molecular formula is C23H31N3O3. The SMILES string of the molecule is CCC(C)Oc1ccc(NC(=O)CNc2cccc(C(=O)N(CC)CC)c2)cc1. The molecule has 0 fully saturated rings. The molecule has 6 heteroatoms. The number of hydrogen-bond donors (Lipinski definition) is 2. The molecule has 0 heterocycles. The Hall–Kier alpha value is -3.02. The van der Waals surface area contributed by atoms with Crippen LogP contribution in [0.2, 0.25) is 0 Å². The first-order valence-electron chi connectivity index (χ1n) is 10.2. The van der Waals surface area contributed by atoms with E-state index >= 15 is 0 Å². The highest BCUT2D eigenvalue weighted by Gasteiger charge is 2.13. The summed E-state index contributed by atoms with van der Waals surface area (Å²) in [6.07, 6.45) is 1.09. The molecule has 0 spiro atoms. The van der Waals surface area contributed by atoms with Gasteiger partial charge in [-0.05, 0) is 69.7 Å². The van der Waals surface area contributed by atoms with Crippen molar-refractivity contribution in [3.05, 3.63) is 54.1 Å². The summed E-state index contributed by atoms with van der Waals surface area (Å²) in [7, 11) is 0. The van der Waals surface area contributed by atoms with E-state index in [0.29, 0.717) is 24.3 Å². The average molecular weight is 398 g/mol. The lowest BCUT2D eigenvalue weighted by Gasteiger charge is -2.19. The molecule has 0 saturated heterocycles. The molecule has 2 amide bonds. The maximum absolute atomic E-state index is 12.5. The summed E-state index contributed by atoms with van der Waals surface area (Å²) in [5.41, 5.74) is 2.05. The van der Waals surface area contributed by atoms with Crippen molar-refractivity contribution < 1.29 is 14.3 Å². The van der Waals surface area contributed by atoms with E-state index in [1.165, 1.54) is 0 Å². The number of benzene rings is 2. The number of anilines is 2. The second kappa shape index (κ2) is 11.1. The van der Waals surface area contributed by atoms with E-state index in [2.05, 4.69) is 17.6 Å². The molecule has 0 aliphatic carbocycles. The molecule has 0 aromatic heterocycles. The van der Waals surface area contributed by atoms with Crippen LogP contribution >= 0.6 is 0 Å². The molecule has 156 valence electrons. The topological polar surface area (TPSA) is 70.7 Å². The maximum Gasteiger partial charge on any atom is 0.253 e. The highest BCUT2D eigenvalue weighted by Crippen LogP contribution is 2.18. The van der Waals surface area contributed by atoms with Crippen molar-refractivity contribution in [1.29, 1.82) is 0 Å². The molecule has 2 aromatic carbocycles. The molecule has 0 saturated carbocycles. The highest BCUT2D eigenvalue weighted by molar-refractivity contribution is 5.96. The van der Waals surface area contributed by atoms with Crippen LogP contribution in [0.25, 0.3) is 0 Å². The summed E-state index contributed by atoms with van der Waals surface area (Å²) in [4.78, 5) is 26.5. The third-order valence-electron chi connectivity index (χ3n) is 4.66. The van der Waals surface area contributed by atoms with Gasteiger partial charge >= 0.3 is 0 Å². The zero-order valence-corrected chi connectivity index (χ0v) is 17.7. The lowest BCUT2D eigenvalue weighted by Crippen LogP contribution is -2.30. The molecule has 0 aliphatic rings. The Kier molecular flexibility index (Phi) is 8.52. The summed E-state index contributed by atoms with van der Waals surface area (Å²) >= 11 is 0. The zero-order chi connectivity index (χ0) is 21.2. The third-order valence-corrected chi connectivity index (χ3v) is 4.66. The van der Waals surface area contributed by atoms with Crippen LogP contribution in [0, 0.1) is 0 Å². The van der Waals surface area contributed by atoms with Crippen LogP contribution in [0.15, 0.2) is 48.5 Å². The number of nitrogens with one attached hydrogen (secondary N) is 2. The van der Waals surface area contributed by atoms with E-state index in [0.717, 1.165) is 17.9 Å². The first kappa shape index (κ1) is 22.3. The van der Waals surface area contributed by atoms with Crippen LogP contribution in [-0.4, -0.2) is 42.5 Å². The van der Waals surface area contributed by atoms with E-state index in [1.54, 1.807) is 17.0 Å². The van der Waals surface area contributed by atoms with Gasteiger partial charge in [-0.2, -0.15) is 0 Å². The van der Waals surface area contributed by atoms with Crippen molar-refractivity contribution in [3.8, 4) is 5.75 Å². The first-order valence-corrected chi connectivity index (χ1v) is 10.2. The minimum atomic E-state index is -0.166. The molecule has 0 aliphatic heterocycles. The summed E-state index contributed by atoms with van der Waals surface area (Å²) in [5, 5.41) is 5.92. The second-order valence-electron chi connectivity index (χ2n) is 6.82. The largest absolute Gasteiger partial charge is 0.491 e. The van der Waals surface area contributed by atoms with E-state index in [-0.39, 0.29) is 24.5 Å². The summed E-state index contributed by atoms with van der Waals surface area (Å²) in [6.45, 7) is 9.43. The lowest BCUT2D eigenvalue weighted by molar-refractivity contribution is -0.114. The van der Waals surface area contributed by atoms with Gasteiger partial charge in [0.25, 0.3) is 5.91 Å². The van der Waals surface area contributed by atoms with Crippen molar-refractivity contribution in [1.82, 2.24) is 4.90 Å². The Bertz CT molecular complexity index is 801. The molecule has 1 atom stereocenters. The lowest BCUT2D eigenvalue weighted by atomic mass is 10.1. The van der Waals surface area contributed by atoms with Crippen LogP contribution in [0.3, 0.4) is 0 Å². The number of amides is 2. The van der Waals surface area contributed by atoms with Gasteiger partial charge in [-0.25, -0.2) is 0 Å². The zero-order valence-electron chi connectivity index (χ0n) is 17.7. The Morgan fingerprint density at radius 1 is 1.00 bits per heavy atom. The van der Waals surface area contributed by atoms with Gasteiger partial charge in [0.2, 0.25) is 5.91 Å². The first-order chi connectivity index (χ1) is 14.0. The van der Waals surface area contributed by atoms with Crippen LogP contribution in [0.5, 0.6) is 5.75 Å². The highest BCUT2D eigenvalue weighted by atomic mass is 16.5. The number of carbonyl (C=O) groups excluding carboxylic acids is 2. The summed E-state index contributed by atoms with van der Waals surface area (Å²) in [5.74, 6) is 0.606. The van der Waals surface area contributed by atoms with E-state index < -0.39 is 0 Å². The molecular weight excluding hydrogens is 366 g/mol. The fourth-order valence-electron chi connectivity index (χ4n) is 2.78. The number of ether oxygens (including phenoxy) is 1. The monoisotopic (exact) mass is 397 g/mol. The molecule has 0 radical (unpaired) electrons. The van der Waals surface area contributed by atoms with Gasteiger partial charge in [-0.1, -0.05) is 13.0 Å². The van der Waals surface area contributed by atoms with Crippen molar-refractivity contribution in [2.45, 2.75) is 40.2 Å². The average Bonchev–Trinajstić information content (AvgIpc) is 2.74. The predicted molar refractivity (Wildman–Crippen MR) is 118 cm³/mol. The van der Waals surface area contributed by atoms with Crippen molar-refractivity contribution >= 4 is 23.2 Å². The Morgan fingerprint density at radius 3 is 2.31 bits per heavy atom. The van der Waals surface area contributed by atoms with Crippen molar-refractivity contribution in [2.75, 3.05) is 30.3 Å². The minimum absolute atomic E-state index is 0.0113. The van der Waals surface area contributed by atoms with Gasteiger partial charge in [-0.3, -0.25) is 9.59 Å². The van der Waals surface area contributed by atoms with Crippen LogP contribution < -0.4 is 15.4 Å². The van der Waals surface area contributed by atoms with Gasteiger partial charge in [-0.15, -0.1) is 0 Å². The Morgan fingerprint density at radius 2 is 1.69 bits per heavy atom. The van der Waals surface area contributed by atoms with Gasteiger partial charge in [0, 0.05) is 30.0 Å². The Balaban J connectivity index is 1.89. The fraction of sp³-hybridized carbons (Fsp3) is 0.391. The number of rotatable bonds is 10. The number of carbonyl (C=O) groups is 2. The smallest absolute Gasteiger partial charge is 0.253 e. The molecule has 2 rings (SSSR count). The van der Waals surface area contributed by atoms with E-state index in [1.807, 2.05) is 57.2 Å². The molecule has 6 nitrogen and oxygen atoms in total. The summed E-state index contributed by atoms with van der Waals surface area (Å²) < 4.78 is 5.74. The molecule has 2 aromatic rings. The second-order valence-corrected chi connectivity index (χ2v) is 6.82. The van der Waals surface area contributed by atoms with Gasteiger partial charge in [0.1, 0.15) is 5.75 Å². The maximum atomic E-state index is 12.5. The quantitative estimate of drug-likeness (QED) is 0.623. The fourth-order valence-corrected chi connectivity index (χ4v) is 2.78. The summed E-state index contributed by atoms with van der Waals surface area (Å²) in [6, 6.07) is 14.5. The molecule has 2 N–H and O–H groups in total. The molecule has 1 unspecified atom stereocenters. The Labute approximate surface area is 173 Å². The van der Waals surface area contributed by atoms with E-state index in [9.17, 15) is 9.59 Å². The van der Waals surface area contributed by atoms with Gasteiger partial charge in [0.15, 0.2) is 0 Å². The van der Waals surface area contributed by atoms with Crippen molar-refractivity contribution in [2.24, 2.45) is 0 Å². The van der Waals surface area contributed by atoms with E-state index in [4.69, 9.17) is 4.74 Å². The molecule has 29 heavy (non-hydrogen) atoms. The predicted octanol–water partition coefficient (Wildman–Crippen LogP) is 4.40. The number of nitrogens with zero attached hydrogens (tertiary/aromatic N) is 1. The van der Waals surface area contributed by atoms with Crippen molar-refractivity contribution in [3.63, 3.8) is 0 Å². The van der Waals surface area contributed by atoms with Crippen LogP contribution in [0.4, 0.5) is 11.4 Å². The normalized spacial score (nSPS) is 11.4. The van der Waals surface area contributed by atoms with Gasteiger partial charge < -0.3 is 20.3 Å². The standard InChI is InChI=1S/C23H31N3O3/c1-5-17(4)29-21-13-11-19(12-14-21)25-22(27)16-24-20-10-8-9-18(15-20)23(28)26(6-2)7-3/h8-15,17,24H,5-7,16H2,1-4H3,(H,25,27). The van der Waals surface area contributed by atoms with Gasteiger partial charge in [0.05, 0.1) is 12.6 Å².